The summed E-state index contributed by atoms with van der Waals surface area (Å²) in [5.41, 5.74) is -0.00358. The van der Waals surface area contributed by atoms with Crippen molar-refractivity contribution in [1.82, 2.24) is 9.55 Å². The van der Waals surface area contributed by atoms with Gasteiger partial charge in [-0.2, -0.15) is 4.98 Å². The van der Waals surface area contributed by atoms with Gasteiger partial charge in [0.15, 0.2) is 5.79 Å². The summed E-state index contributed by atoms with van der Waals surface area (Å²) in [7, 11) is 0. The predicted molar refractivity (Wildman–Crippen MR) is 96.3 cm³/mol. The fourth-order valence-corrected chi connectivity index (χ4v) is 3.31. The third kappa shape index (κ3) is 3.78. The van der Waals surface area contributed by atoms with Crippen molar-refractivity contribution < 1.29 is 19.0 Å². The number of anilines is 1. The van der Waals surface area contributed by atoms with Gasteiger partial charge < -0.3 is 19.5 Å². The van der Waals surface area contributed by atoms with Crippen molar-refractivity contribution in [3.05, 3.63) is 58.6 Å². The number of ether oxygens (including phenoxy) is 3. The zero-order valence-electron chi connectivity index (χ0n) is 15.1. The number of carbonyl (C=O) groups is 1. The second kappa shape index (κ2) is 6.88. The van der Waals surface area contributed by atoms with E-state index in [1.807, 2.05) is 19.9 Å². The van der Waals surface area contributed by atoms with Crippen LogP contribution in [0.1, 0.15) is 36.9 Å². The minimum absolute atomic E-state index is 0.136. The van der Waals surface area contributed by atoms with E-state index in [-0.39, 0.29) is 23.9 Å². The average Bonchev–Trinajstić information content (AvgIpc) is 3.04. The van der Waals surface area contributed by atoms with Crippen LogP contribution in [0.3, 0.4) is 0 Å². The predicted octanol–water partition coefficient (Wildman–Crippen LogP) is 1.93. The molecule has 0 aliphatic carbocycles. The normalized spacial score (nSPS) is 26.4. The lowest BCUT2D eigenvalue weighted by atomic mass is 10.1. The van der Waals surface area contributed by atoms with Gasteiger partial charge in [0.2, 0.25) is 0 Å². The van der Waals surface area contributed by atoms with Gasteiger partial charge in [0.25, 0.3) is 5.91 Å². The molecule has 27 heavy (non-hydrogen) atoms. The maximum atomic E-state index is 12.4. The van der Waals surface area contributed by atoms with Crippen LogP contribution in [-0.2, 0) is 14.2 Å². The SMILES string of the molecule is CC1(C)OC[C@@H]2O[C@H](n3ccc(NC(=O)c4ccccc4)nc3=O)C[C@@H]2O1. The Morgan fingerprint density at radius 3 is 2.74 bits per heavy atom. The number of amides is 1. The number of hydrogen-bond donors (Lipinski definition) is 1. The summed E-state index contributed by atoms with van der Waals surface area (Å²) in [5.74, 6) is -0.786. The molecule has 1 amide bonds. The van der Waals surface area contributed by atoms with Crippen LogP contribution in [-0.4, -0.2) is 40.1 Å². The first-order valence-corrected chi connectivity index (χ1v) is 8.84. The van der Waals surface area contributed by atoms with Gasteiger partial charge in [0.1, 0.15) is 18.1 Å². The molecule has 2 aliphatic heterocycles. The lowest BCUT2D eigenvalue weighted by molar-refractivity contribution is -0.293. The van der Waals surface area contributed by atoms with Crippen LogP contribution in [0.15, 0.2) is 47.4 Å². The minimum atomic E-state index is -0.659. The molecule has 0 bridgehead atoms. The molecule has 1 aromatic carbocycles. The molecule has 0 saturated carbocycles. The van der Waals surface area contributed by atoms with Crippen molar-refractivity contribution in [1.29, 1.82) is 0 Å². The van der Waals surface area contributed by atoms with E-state index in [4.69, 9.17) is 14.2 Å². The van der Waals surface area contributed by atoms with Gasteiger partial charge in [-0.25, -0.2) is 4.79 Å². The highest BCUT2D eigenvalue weighted by atomic mass is 16.7. The molecule has 2 aliphatic rings. The number of hydrogen-bond acceptors (Lipinski definition) is 6. The summed E-state index contributed by atoms with van der Waals surface area (Å²) in [6, 6.07) is 10.3. The first-order chi connectivity index (χ1) is 12.9. The van der Waals surface area contributed by atoms with E-state index < -0.39 is 17.7 Å². The van der Waals surface area contributed by atoms with Crippen LogP contribution >= 0.6 is 0 Å². The van der Waals surface area contributed by atoms with Crippen LogP contribution in [0.5, 0.6) is 0 Å². The van der Waals surface area contributed by atoms with E-state index in [0.29, 0.717) is 18.6 Å². The van der Waals surface area contributed by atoms with E-state index in [1.54, 1.807) is 36.5 Å². The molecule has 0 unspecified atom stereocenters. The molecule has 8 heteroatoms. The molecular weight excluding hydrogens is 350 g/mol. The lowest BCUT2D eigenvalue weighted by Crippen LogP contribution is -2.46. The Morgan fingerprint density at radius 1 is 1.22 bits per heavy atom. The fourth-order valence-electron chi connectivity index (χ4n) is 3.31. The Kier molecular flexibility index (Phi) is 4.55. The molecule has 3 heterocycles. The molecule has 142 valence electrons. The first-order valence-electron chi connectivity index (χ1n) is 8.84. The summed E-state index contributed by atoms with van der Waals surface area (Å²) < 4.78 is 18.8. The molecule has 1 N–H and O–H groups in total. The zero-order chi connectivity index (χ0) is 19.0. The summed E-state index contributed by atoms with van der Waals surface area (Å²) >= 11 is 0. The molecule has 0 radical (unpaired) electrons. The molecular formula is C19H21N3O5. The van der Waals surface area contributed by atoms with Crippen molar-refractivity contribution in [2.24, 2.45) is 0 Å². The first kappa shape index (κ1) is 17.8. The van der Waals surface area contributed by atoms with Gasteiger partial charge in [0.05, 0.1) is 12.7 Å². The van der Waals surface area contributed by atoms with Crippen molar-refractivity contribution in [2.45, 2.75) is 44.5 Å². The van der Waals surface area contributed by atoms with Gasteiger partial charge in [-0.3, -0.25) is 9.36 Å². The molecule has 2 fully saturated rings. The van der Waals surface area contributed by atoms with Gasteiger partial charge in [-0.1, -0.05) is 18.2 Å². The number of nitrogens with zero attached hydrogens (tertiary/aromatic N) is 2. The van der Waals surface area contributed by atoms with E-state index >= 15 is 0 Å². The minimum Gasteiger partial charge on any atom is -0.349 e. The van der Waals surface area contributed by atoms with Crippen LogP contribution in [0.4, 0.5) is 5.82 Å². The molecule has 2 saturated heterocycles. The van der Waals surface area contributed by atoms with Crippen LogP contribution in [0.2, 0.25) is 0 Å². The number of nitrogens with one attached hydrogen (secondary N) is 1. The molecule has 3 atom stereocenters. The lowest BCUT2D eigenvalue weighted by Gasteiger charge is -2.36. The maximum Gasteiger partial charge on any atom is 0.351 e. The topological polar surface area (TPSA) is 91.7 Å². The zero-order valence-corrected chi connectivity index (χ0v) is 15.1. The largest absolute Gasteiger partial charge is 0.351 e. The van der Waals surface area contributed by atoms with E-state index in [9.17, 15) is 9.59 Å². The third-order valence-corrected chi connectivity index (χ3v) is 4.63. The number of benzene rings is 1. The number of rotatable bonds is 3. The Bertz CT molecular complexity index is 896. The molecule has 2 aromatic rings. The summed E-state index contributed by atoms with van der Waals surface area (Å²) in [4.78, 5) is 28.6. The third-order valence-electron chi connectivity index (χ3n) is 4.63. The molecule has 4 rings (SSSR count). The number of aromatic nitrogens is 2. The second-order valence-corrected chi connectivity index (χ2v) is 7.05. The summed E-state index contributed by atoms with van der Waals surface area (Å²) in [6.07, 6.45) is 1.28. The number of carbonyl (C=O) groups excluding carboxylic acids is 1. The Balaban J connectivity index is 1.47. The van der Waals surface area contributed by atoms with Gasteiger partial charge in [-0.15, -0.1) is 0 Å². The highest BCUT2D eigenvalue weighted by molar-refractivity contribution is 6.03. The van der Waals surface area contributed by atoms with E-state index in [2.05, 4.69) is 10.3 Å². The highest BCUT2D eigenvalue weighted by Gasteiger charge is 2.44. The van der Waals surface area contributed by atoms with Gasteiger partial charge in [0, 0.05) is 18.2 Å². The van der Waals surface area contributed by atoms with Crippen molar-refractivity contribution in [3.8, 4) is 0 Å². The fraction of sp³-hybridized carbons (Fsp3) is 0.421. The quantitative estimate of drug-likeness (QED) is 0.887. The molecule has 1 aromatic heterocycles. The van der Waals surface area contributed by atoms with Crippen molar-refractivity contribution in [2.75, 3.05) is 11.9 Å². The van der Waals surface area contributed by atoms with Crippen molar-refractivity contribution in [3.63, 3.8) is 0 Å². The monoisotopic (exact) mass is 371 g/mol. The maximum absolute atomic E-state index is 12.4. The Hall–Kier alpha value is -2.55. The smallest absolute Gasteiger partial charge is 0.349 e. The van der Waals surface area contributed by atoms with E-state index in [1.165, 1.54) is 4.57 Å². The standard InChI is InChI=1S/C19H21N3O5/c1-19(2)25-11-14-13(27-19)10-16(26-14)22-9-8-15(21-18(22)24)20-17(23)12-6-4-3-5-7-12/h3-9,13-14,16H,10-11H2,1-2H3,(H,20,21,23,24)/t13-,14-,16-/m0/s1. The second-order valence-electron chi connectivity index (χ2n) is 7.05. The molecule has 0 spiro atoms. The Morgan fingerprint density at radius 2 is 2.00 bits per heavy atom. The van der Waals surface area contributed by atoms with Crippen LogP contribution in [0, 0.1) is 0 Å². The summed E-state index contributed by atoms with van der Waals surface area (Å²) in [6.45, 7) is 4.13. The van der Waals surface area contributed by atoms with Crippen molar-refractivity contribution >= 4 is 11.7 Å². The molecule has 8 nitrogen and oxygen atoms in total. The van der Waals surface area contributed by atoms with Gasteiger partial charge in [-0.05, 0) is 32.0 Å². The van der Waals surface area contributed by atoms with Gasteiger partial charge >= 0.3 is 5.69 Å². The summed E-state index contributed by atoms with van der Waals surface area (Å²) in [5, 5.41) is 2.63. The van der Waals surface area contributed by atoms with E-state index in [0.717, 1.165) is 0 Å². The number of fused-ring (bicyclic) bond motifs is 1. The van der Waals surface area contributed by atoms with Crippen LogP contribution in [0.25, 0.3) is 0 Å². The average molecular weight is 371 g/mol. The highest BCUT2D eigenvalue weighted by Crippen LogP contribution is 2.36. The van der Waals surface area contributed by atoms with Crippen LogP contribution < -0.4 is 11.0 Å². The Labute approximate surface area is 156 Å².